The SMILES string of the molecule is C=CC[N+]1([C@H]2CC3C4CC[C@H]5C[C@H](O)[C@@H]([NH+]6CCOCC6)C[C@]5(C)C4CC[C@]3(C)[C@H]2OC(C)=O)CCCC1. The third-order valence-corrected chi connectivity index (χ3v) is 13.3. The number of carbonyl (C=O) groups is 1. The molecule has 214 valence electrons. The largest absolute Gasteiger partial charge is 0.456 e. The van der Waals surface area contributed by atoms with E-state index in [2.05, 4.69) is 26.5 Å². The average Bonchev–Trinajstić information content (AvgIpc) is 3.48. The number of carbonyl (C=O) groups excluding carboxylic acids is 1. The molecule has 6 aliphatic rings. The van der Waals surface area contributed by atoms with Crippen molar-refractivity contribution in [3.63, 3.8) is 0 Å². The van der Waals surface area contributed by atoms with Crippen molar-refractivity contribution in [2.45, 2.75) is 103 Å². The summed E-state index contributed by atoms with van der Waals surface area (Å²) in [6, 6.07) is 0.751. The first-order valence-electron chi connectivity index (χ1n) is 16.0. The third-order valence-electron chi connectivity index (χ3n) is 13.3. The molecule has 0 aromatic rings. The van der Waals surface area contributed by atoms with E-state index in [0.29, 0.717) is 35.3 Å². The summed E-state index contributed by atoms with van der Waals surface area (Å²) in [6.07, 6.45) is 12.8. The fourth-order valence-corrected chi connectivity index (χ4v) is 11.5. The Morgan fingerprint density at radius 3 is 2.53 bits per heavy atom. The summed E-state index contributed by atoms with van der Waals surface area (Å²) in [5, 5.41) is 11.3. The molecule has 0 bridgehead atoms. The number of hydrogen-bond donors (Lipinski definition) is 2. The first-order valence-corrected chi connectivity index (χ1v) is 16.0. The van der Waals surface area contributed by atoms with Crippen molar-refractivity contribution >= 4 is 5.97 Å². The number of fused-ring (bicyclic) bond motifs is 5. The number of nitrogens with zero attached hydrogens (tertiary/aromatic N) is 1. The van der Waals surface area contributed by atoms with Crippen LogP contribution in [0.4, 0.5) is 0 Å². The van der Waals surface area contributed by atoms with Gasteiger partial charge in [0, 0.05) is 38.0 Å². The number of esters is 1. The van der Waals surface area contributed by atoms with Gasteiger partial charge in [0.05, 0.1) is 32.8 Å². The normalized spacial score (nSPS) is 48.5. The van der Waals surface area contributed by atoms with E-state index >= 15 is 0 Å². The highest BCUT2D eigenvalue weighted by Crippen LogP contribution is 2.67. The van der Waals surface area contributed by atoms with Gasteiger partial charge >= 0.3 is 5.97 Å². The fourth-order valence-electron chi connectivity index (χ4n) is 11.5. The van der Waals surface area contributed by atoms with Crippen LogP contribution in [0.2, 0.25) is 0 Å². The van der Waals surface area contributed by atoms with Crippen LogP contribution < -0.4 is 4.90 Å². The highest BCUT2D eigenvalue weighted by atomic mass is 16.5. The van der Waals surface area contributed by atoms with Gasteiger partial charge in [-0.2, -0.15) is 0 Å². The number of quaternary nitrogens is 2. The van der Waals surface area contributed by atoms with Crippen LogP contribution in [0.1, 0.15) is 78.6 Å². The van der Waals surface area contributed by atoms with E-state index in [0.717, 1.165) is 56.1 Å². The molecule has 0 amide bonds. The summed E-state index contributed by atoms with van der Waals surface area (Å²) in [6.45, 7) is 18.0. The lowest BCUT2D eigenvalue weighted by atomic mass is 9.44. The third kappa shape index (κ3) is 4.23. The van der Waals surface area contributed by atoms with Gasteiger partial charge < -0.3 is 24.0 Å². The number of nitrogens with one attached hydrogen (secondary N) is 1. The van der Waals surface area contributed by atoms with Gasteiger partial charge in [-0.25, -0.2) is 0 Å². The number of likely N-dealkylation sites (tertiary alicyclic amines) is 1. The van der Waals surface area contributed by atoms with Crippen molar-refractivity contribution < 1.29 is 28.8 Å². The molecule has 0 aromatic carbocycles. The zero-order valence-electron chi connectivity index (χ0n) is 24.3. The number of rotatable bonds is 5. The molecule has 6 fully saturated rings. The maximum absolute atomic E-state index is 12.5. The molecule has 6 nitrogen and oxygen atoms in total. The first kappa shape index (κ1) is 27.2. The Labute approximate surface area is 230 Å². The molecule has 4 saturated carbocycles. The summed E-state index contributed by atoms with van der Waals surface area (Å²) < 4.78 is 13.1. The average molecular weight is 531 g/mol. The Hall–Kier alpha value is -0.950. The maximum Gasteiger partial charge on any atom is 0.303 e. The van der Waals surface area contributed by atoms with Gasteiger partial charge in [-0.05, 0) is 67.3 Å². The summed E-state index contributed by atoms with van der Waals surface area (Å²) in [5.41, 5.74) is 0.369. The molecule has 0 radical (unpaired) electrons. The molecule has 2 aliphatic heterocycles. The minimum atomic E-state index is -0.172. The summed E-state index contributed by atoms with van der Waals surface area (Å²) in [7, 11) is 0. The van der Waals surface area contributed by atoms with Gasteiger partial charge in [0.1, 0.15) is 31.3 Å². The lowest BCUT2D eigenvalue weighted by Gasteiger charge is -2.61. The Balaban J connectivity index is 1.30. The molecule has 6 rings (SSSR count). The van der Waals surface area contributed by atoms with Crippen LogP contribution in [0.5, 0.6) is 0 Å². The highest BCUT2D eigenvalue weighted by Gasteiger charge is 2.68. The van der Waals surface area contributed by atoms with Crippen LogP contribution in [0.3, 0.4) is 0 Å². The lowest BCUT2D eigenvalue weighted by molar-refractivity contribution is -0.938. The molecule has 38 heavy (non-hydrogen) atoms. The highest BCUT2D eigenvalue weighted by molar-refractivity contribution is 5.66. The molecule has 10 atom stereocenters. The van der Waals surface area contributed by atoms with Crippen molar-refractivity contribution in [2.75, 3.05) is 45.9 Å². The molecule has 0 spiro atoms. The number of hydrogen-bond acceptors (Lipinski definition) is 4. The smallest absolute Gasteiger partial charge is 0.303 e. The quantitative estimate of drug-likeness (QED) is 0.326. The van der Waals surface area contributed by atoms with Crippen LogP contribution in [0.15, 0.2) is 12.7 Å². The number of aliphatic hydroxyl groups excluding tert-OH is 1. The predicted molar refractivity (Wildman–Crippen MR) is 147 cm³/mol. The molecule has 2 saturated heterocycles. The Bertz CT molecular complexity index is 898. The Morgan fingerprint density at radius 1 is 1.11 bits per heavy atom. The standard InChI is InChI=1S/C32H53N2O4/c1-5-14-34(15-6-7-16-34)28-20-26-24-9-8-23-19-29(36)27(33-12-17-37-18-13-33)21-32(23,4)25(24)10-11-31(26,3)30(28)38-22(2)35/h5,23-30,36H,1,6-21H2,2-4H3/q+1/p+1/t23-,24?,25?,26?,27-,28-,29-,30-,31-,32-/m0/s1. The van der Waals surface area contributed by atoms with E-state index in [1.54, 1.807) is 11.8 Å². The van der Waals surface area contributed by atoms with Crippen LogP contribution in [0, 0.1) is 34.5 Å². The van der Waals surface area contributed by atoms with Crippen LogP contribution >= 0.6 is 0 Å². The first-order chi connectivity index (χ1) is 18.2. The van der Waals surface area contributed by atoms with E-state index in [-0.39, 0.29) is 23.6 Å². The molecular weight excluding hydrogens is 476 g/mol. The van der Waals surface area contributed by atoms with E-state index < -0.39 is 0 Å². The van der Waals surface area contributed by atoms with Gasteiger partial charge in [0.25, 0.3) is 0 Å². The molecule has 6 heteroatoms. The van der Waals surface area contributed by atoms with Crippen molar-refractivity contribution in [1.29, 1.82) is 0 Å². The topological polar surface area (TPSA) is 60.2 Å². The zero-order valence-corrected chi connectivity index (χ0v) is 24.3. The maximum atomic E-state index is 12.5. The molecule has 2 heterocycles. The van der Waals surface area contributed by atoms with Crippen molar-refractivity contribution in [3.05, 3.63) is 12.7 Å². The van der Waals surface area contributed by atoms with Gasteiger partial charge in [-0.3, -0.25) is 4.79 Å². The van der Waals surface area contributed by atoms with Crippen molar-refractivity contribution in [1.82, 2.24) is 0 Å². The molecular formula is C32H54N2O4+2. The van der Waals surface area contributed by atoms with Crippen molar-refractivity contribution in [3.8, 4) is 0 Å². The minimum Gasteiger partial charge on any atom is -0.456 e. The number of morpholine rings is 1. The van der Waals surface area contributed by atoms with E-state index in [4.69, 9.17) is 9.47 Å². The monoisotopic (exact) mass is 530 g/mol. The minimum absolute atomic E-state index is 0.0215. The van der Waals surface area contributed by atoms with Crippen LogP contribution in [-0.4, -0.2) is 85.8 Å². The summed E-state index contributed by atoms with van der Waals surface area (Å²) in [4.78, 5) is 14.1. The van der Waals surface area contributed by atoms with Gasteiger partial charge in [0.15, 0.2) is 6.10 Å². The van der Waals surface area contributed by atoms with E-state index in [9.17, 15) is 9.90 Å². The fraction of sp³-hybridized carbons (Fsp3) is 0.906. The second kappa shape index (κ2) is 10.2. The lowest BCUT2D eigenvalue weighted by Crippen LogP contribution is -3.19. The zero-order chi connectivity index (χ0) is 26.7. The van der Waals surface area contributed by atoms with Gasteiger partial charge in [-0.15, -0.1) is 0 Å². The molecule has 2 N–H and O–H groups in total. The molecule has 0 aromatic heterocycles. The molecule has 4 aliphatic carbocycles. The summed E-state index contributed by atoms with van der Waals surface area (Å²) >= 11 is 0. The Morgan fingerprint density at radius 2 is 1.84 bits per heavy atom. The molecule has 3 unspecified atom stereocenters. The van der Waals surface area contributed by atoms with E-state index in [1.165, 1.54) is 58.0 Å². The summed E-state index contributed by atoms with van der Waals surface area (Å²) in [5.74, 6) is 2.58. The van der Waals surface area contributed by atoms with Gasteiger partial charge in [0.2, 0.25) is 0 Å². The van der Waals surface area contributed by atoms with Gasteiger partial charge in [-0.1, -0.05) is 20.4 Å². The number of ether oxygens (including phenoxy) is 2. The second-order valence-corrected chi connectivity index (χ2v) is 14.8. The van der Waals surface area contributed by atoms with Crippen LogP contribution in [0.25, 0.3) is 0 Å². The second-order valence-electron chi connectivity index (χ2n) is 14.8. The van der Waals surface area contributed by atoms with E-state index in [1.807, 2.05) is 0 Å². The predicted octanol–water partition coefficient (Wildman–Crippen LogP) is 2.99. The van der Waals surface area contributed by atoms with Crippen molar-refractivity contribution in [2.24, 2.45) is 34.5 Å². The van der Waals surface area contributed by atoms with Crippen LogP contribution in [-0.2, 0) is 14.3 Å². The Kier molecular flexibility index (Phi) is 7.27. The number of aliphatic hydroxyl groups is 1.